The van der Waals surface area contributed by atoms with E-state index in [0.29, 0.717) is 6.54 Å². The van der Waals surface area contributed by atoms with Gasteiger partial charge in [-0.2, -0.15) is 0 Å². The Labute approximate surface area is 161 Å². The van der Waals surface area contributed by atoms with Gasteiger partial charge in [-0.1, -0.05) is 36.4 Å². The molecule has 0 aliphatic heterocycles. The van der Waals surface area contributed by atoms with Crippen molar-refractivity contribution < 1.29 is 14.8 Å². The number of hydrogen-bond donors (Lipinski definition) is 2. The number of rotatable bonds is 6. The minimum Gasteiger partial charge on any atom is -0.496 e. The lowest BCUT2D eigenvalue weighted by Gasteiger charge is -2.13. The van der Waals surface area contributed by atoms with E-state index in [9.17, 15) is 4.79 Å². The van der Waals surface area contributed by atoms with Crippen LogP contribution in [0.5, 0.6) is 5.75 Å². The molecule has 0 bridgehead atoms. The molecule has 3 N–H and O–H groups in total. The number of benzene rings is 3. The summed E-state index contributed by atoms with van der Waals surface area (Å²) in [6.07, 6.45) is 0. The molecule has 3 aromatic rings. The fourth-order valence-corrected chi connectivity index (χ4v) is 3.48. The molecule has 3 aromatic carbocycles. The quantitative estimate of drug-likeness (QED) is 0.644. The van der Waals surface area contributed by atoms with Gasteiger partial charge in [-0.05, 0) is 52.5 Å². The van der Waals surface area contributed by atoms with Crippen molar-refractivity contribution in [1.82, 2.24) is 0 Å². The Balaban J connectivity index is 1.62. The highest BCUT2D eigenvalue weighted by Gasteiger charge is 2.14. The van der Waals surface area contributed by atoms with Gasteiger partial charge in [0.1, 0.15) is 11.8 Å². The molecule has 0 unspecified atom stereocenters. The molecule has 0 aliphatic carbocycles. The van der Waals surface area contributed by atoms with Crippen LogP contribution in [0.4, 0.5) is 5.69 Å². The van der Waals surface area contributed by atoms with Crippen LogP contribution in [0.2, 0.25) is 0 Å². The van der Waals surface area contributed by atoms with E-state index in [4.69, 9.17) is 4.74 Å². The number of carbonyl (C=O) groups excluding carboxylic acids is 1. The van der Waals surface area contributed by atoms with Crippen LogP contribution in [0.15, 0.2) is 65.1 Å². The van der Waals surface area contributed by atoms with Gasteiger partial charge >= 0.3 is 0 Å². The average molecular weight is 414 g/mol. The fourth-order valence-electron chi connectivity index (χ4n) is 2.92. The normalized spacial score (nSPS) is 12.0. The van der Waals surface area contributed by atoms with Crippen molar-refractivity contribution in [1.29, 1.82) is 0 Å². The van der Waals surface area contributed by atoms with Crippen molar-refractivity contribution in [2.24, 2.45) is 0 Å². The second kappa shape index (κ2) is 8.34. The molecular weight excluding hydrogens is 392 g/mol. The van der Waals surface area contributed by atoms with Gasteiger partial charge in [-0.15, -0.1) is 0 Å². The highest BCUT2D eigenvalue weighted by atomic mass is 79.9. The molecule has 26 heavy (non-hydrogen) atoms. The summed E-state index contributed by atoms with van der Waals surface area (Å²) in [4.78, 5) is 12.4. The SMILES string of the molecule is COc1ccc([C@@H](C)[NH2+]CC(=O)Nc2cccc3ccccc23)cc1Br. The highest BCUT2D eigenvalue weighted by Crippen LogP contribution is 2.27. The maximum absolute atomic E-state index is 12.4. The number of hydrogen-bond acceptors (Lipinski definition) is 2. The van der Waals surface area contributed by atoms with Gasteiger partial charge in [0.25, 0.3) is 5.91 Å². The van der Waals surface area contributed by atoms with Gasteiger partial charge < -0.3 is 15.4 Å². The van der Waals surface area contributed by atoms with Gasteiger partial charge in [-0.3, -0.25) is 4.79 Å². The van der Waals surface area contributed by atoms with Crippen LogP contribution in [-0.4, -0.2) is 19.6 Å². The number of ether oxygens (including phenoxy) is 1. The maximum Gasteiger partial charge on any atom is 0.279 e. The zero-order chi connectivity index (χ0) is 18.5. The Morgan fingerprint density at radius 3 is 2.69 bits per heavy atom. The first-order valence-electron chi connectivity index (χ1n) is 8.53. The van der Waals surface area contributed by atoms with Crippen molar-refractivity contribution in [2.45, 2.75) is 13.0 Å². The monoisotopic (exact) mass is 413 g/mol. The first kappa shape index (κ1) is 18.4. The summed E-state index contributed by atoms with van der Waals surface area (Å²) in [5, 5.41) is 7.21. The van der Waals surface area contributed by atoms with Crippen LogP contribution >= 0.6 is 15.9 Å². The fraction of sp³-hybridized carbons (Fsp3) is 0.190. The molecule has 0 radical (unpaired) electrons. The molecule has 0 saturated carbocycles. The summed E-state index contributed by atoms with van der Waals surface area (Å²) in [7, 11) is 1.65. The topological polar surface area (TPSA) is 54.9 Å². The molecule has 1 atom stereocenters. The molecular formula is C21H22BrN2O2+. The molecule has 3 rings (SSSR count). The van der Waals surface area contributed by atoms with Crippen LogP contribution in [0, 0.1) is 0 Å². The van der Waals surface area contributed by atoms with E-state index in [-0.39, 0.29) is 11.9 Å². The van der Waals surface area contributed by atoms with E-state index in [2.05, 4.69) is 28.2 Å². The number of halogens is 1. The summed E-state index contributed by atoms with van der Waals surface area (Å²) in [6.45, 7) is 2.44. The number of anilines is 1. The van der Waals surface area contributed by atoms with E-state index >= 15 is 0 Å². The largest absolute Gasteiger partial charge is 0.496 e. The lowest BCUT2D eigenvalue weighted by Crippen LogP contribution is -2.86. The minimum atomic E-state index is -0.0132. The van der Waals surface area contributed by atoms with Gasteiger partial charge in [0, 0.05) is 16.6 Å². The van der Waals surface area contributed by atoms with Crippen LogP contribution < -0.4 is 15.4 Å². The van der Waals surface area contributed by atoms with Crippen molar-refractivity contribution in [3.8, 4) is 5.75 Å². The maximum atomic E-state index is 12.4. The zero-order valence-electron chi connectivity index (χ0n) is 14.8. The molecule has 0 fully saturated rings. The number of nitrogens with one attached hydrogen (secondary N) is 1. The minimum absolute atomic E-state index is 0.0132. The summed E-state index contributed by atoms with van der Waals surface area (Å²) in [5.74, 6) is 0.787. The molecule has 0 aliphatic rings. The second-order valence-corrected chi connectivity index (χ2v) is 7.05. The Hall–Kier alpha value is -2.37. The number of amides is 1. The van der Waals surface area contributed by atoms with E-state index in [0.717, 1.165) is 32.2 Å². The molecule has 0 spiro atoms. The van der Waals surface area contributed by atoms with E-state index < -0.39 is 0 Å². The number of nitrogens with two attached hydrogens (primary N) is 1. The van der Waals surface area contributed by atoms with E-state index in [1.54, 1.807) is 7.11 Å². The third-order valence-corrected chi connectivity index (χ3v) is 5.04. The summed E-state index contributed by atoms with van der Waals surface area (Å²) >= 11 is 3.50. The smallest absolute Gasteiger partial charge is 0.279 e. The zero-order valence-corrected chi connectivity index (χ0v) is 16.4. The van der Waals surface area contributed by atoms with Crippen LogP contribution in [-0.2, 0) is 4.79 Å². The molecule has 0 heterocycles. The molecule has 5 heteroatoms. The number of quaternary nitrogens is 1. The molecule has 0 saturated heterocycles. The first-order valence-corrected chi connectivity index (χ1v) is 9.32. The summed E-state index contributed by atoms with van der Waals surface area (Å²) in [6, 6.07) is 20.1. The second-order valence-electron chi connectivity index (χ2n) is 6.20. The van der Waals surface area contributed by atoms with Crippen molar-refractivity contribution in [2.75, 3.05) is 19.0 Å². The Kier molecular flexibility index (Phi) is 5.91. The van der Waals surface area contributed by atoms with Gasteiger partial charge in [0.05, 0.1) is 11.6 Å². The van der Waals surface area contributed by atoms with Gasteiger partial charge in [0.2, 0.25) is 0 Å². The third kappa shape index (κ3) is 4.23. The Bertz CT molecular complexity index is 922. The molecule has 134 valence electrons. The summed E-state index contributed by atoms with van der Waals surface area (Å²) in [5.41, 5.74) is 1.98. The molecule has 1 amide bonds. The van der Waals surface area contributed by atoms with Gasteiger partial charge in [-0.25, -0.2) is 0 Å². The van der Waals surface area contributed by atoms with Crippen molar-refractivity contribution in [3.05, 3.63) is 70.7 Å². The first-order chi connectivity index (χ1) is 12.6. The van der Waals surface area contributed by atoms with Crippen LogP contribution in [0.25, 0.3) is 10.8 Å². The number of methoxy groups -OCH3 is 1. The van der Waals surface area contributed by atoms with E-state index in [1.807, 2.05) is 66.0 Å². The lowest BCUT2D eigenvalue weighted by molar-refractivity contribution is -0.682. The third-order valence-electron chi connectivity index (χ3n) is 4.42. The molecule has 4 nitrogen and oxygen atoms in total. The lowest BCUT2D eigenvalue weighted by atomic mass is 10.1. The van der Waals surface area contributed by atoms with Crippen LogP contribution in [0.3, 0.4) is 0 Å². The number of carbonyl (C=O) groups is 1. The van der Waals surface area contributed by atoms with Crippen LogP contribution in [0.1, 0.15) is 18.5 Å². The highest BCUT2D eigenvalue weighted by molar-refractivity contribution is 9.10. The predicted molar refractivity (Wildman–Crippen MR) is 108 cm³/mol. The average Bonchev–Trinajstić information content (AvgIpc) is 2.66. The molecule has 0 aromatic heterocycles. The standard InChI is InChI=1S/C21H21BrN2O2/c1-14(16-10-11-20(26-2)18(22)12-16)23-13-21(25)24-19-9-5-7-15-6-3-4-8-17(15)19/h3-12,14,23H,13H2,1-2H3,(H,24,25)/p+1/t14-/m1/s1. The van der Waals surface area contributed by atoms with Crippen molar-refractivity contribution >= 4 is 38.3 Å². The van der Waals surface area contributed by atoms with Crippen molar-refractivity contribution in [3.63, 3.8) is 0 Å². The Morgan fingerprint density at radius 2 is 1.92 bits per heavy atom. The number of fused-ring (bicyclic) bond motifs is 1. The van der Waals surface area contributed by atoms with E-state index in [1.165, 1.54) is 0 Å². The van der Waals surface area contributed by atoms with Gasteiger partial charge in [0.15, 0.2) is 6.54 Å². The predicted octanol–water partition coefficient (Wildman–Crippen LogP) is 3.87. The Morgan fingerprint density at radius 1 is 1.15 bits per heavy atom. The summed E-state index contributed by atoms with van der Waals surface area (Å²) < 4.78 is 6.17.